The van der Waals surface area contributed by atoms with E-state index in [1.165, 1.54) is 38.2 Å². The standard InChI is InChI=1S/C14H24O/c1-4-6-7-8-9-10-11-12-13-14(3,15)5-2/h5,15H,2,4,6-11H2,1,3H3. The zero-order chi connectivity index (χ0) is 11.6. The molecular weight excluding hydrogens is 184 g/mol. The molecule has 15 heavy (non-hydrogen) atoms. The van der Waals surface area contributed by atoms with E-state index in [-0.39, 0.29) is 0 Å². The smallest absolute Gasteiger partial charge is 0.141 e. The predicted octanol–water partition coefficient (Wildman–Crippen LogP) is 3.68. The molecule has 0 fully saturated rings. The second-order valence-electron chi connectivity index (χ2n) is 4.17. The second-order valence-corrected chi connectivity index (χ2v) is 4.17. The van der Waals surface area contributed by atoms with Gasteiger partial charge >= 0.3 is 0 Å². The maximum atomic E-state index is 9.50. The van der Waals surface area contributed by atoms with Crippen LogP contribution in [0.15, 0.2) is 12.7 Å². The summed E-state index contributed by atoms with van der Waals surface area (Å²) in [6, 6.07) is 0. The first-order valence-corrected chi connectivity index (χ1v) is 5.98. The molecule has 0 saturated heterocycles. The molecular formula is C14H24O. The first-order valence-electron chi connectivity index (χ1n) is 5.98. The normalized spacial score (nSPS) is 13.8. The molecule has 0 radical (unpaired) electrons. The Morgan fingerprint density at radius 3 is 2.40 bits per heavy atom. The molecule has 0 aliphatic rings. The number of hydrogen-bond donors (Lipinski definition) is 1. The van der Waals surface area contributed by atoms with Gasteiger partial charge in [0.15, 0.2) is 0 Å². The third kappa shape index (κ3) is 9.56. The monoisotopic (exact) mass is 208 g/mol. The molecule has 0 rings (SSSR count). The van der Waals surface area contributed by atoms with E-state index < -0.39 is 5.60 Å². The average molecular weight is 208 g/mol. The summed E-state index contributed by atoms with van der Waals surface area (Å²) in [4.78, 5) is 0. The molecule has 0 saturated carbocycles. The molecule has 0 aromatic carbocycles. The van der Waals surface area contributed by atoms with Crippen molar-refractivity contribution in [3.05, 3.63) is 12.7 Å². The fourth-order valence-corrected chi connectivity index (χ4v) is 1.29. The molecule has 0 aromatic heterocycles. The molecule has 1 unspecified atom stereocenters. The van der Waals surface area contributed by atoms with Crippen molar-refractivity contribution in [2.45, 2.75) is 64.4 Å². The fraction of sp³-hybridized carbons (Fsp3) is 0.714. The third-order valence-corrected chi connectivity index (χ3v) is 2.39. The van der Waals surface area contributed by atoms with Gasteiger partial charge in [0, 0.05) is 6.42 Å². The van der Waals surface area contributed by atoms with Gasteiger partial charge in [-0.25, -0.2) is 0 Å². The molecule has 1 atom stereocenters. The predicted molar refractivity (Wildman–Crippen MR) is 66.6 cm³/mol. The molecule has 86 valence electrons. The Labute approximate surface area is 94.6 Å². The molecule has 1 heteroatoms. The van der Waals surface area contributed by atoms with Gasteiger partial charge in [0.05, 0.1) is 0 Å². The topological polar surface area (TPSA) is 20.2 Å². The minimum Gasteiger partial charge on any atom is -0.374 e. The zero-order valence-corrected chi connectivity index (χ0v) is 10.2. The van der Waals surface area contributed by atoms with Crippen molar-refractivity contribution in [2.75, 3.05) is 0 Å². The highest BCUT2D eigenvalue weighted by Crippen LogP contribution is 2.07. The van der Waals surface area contributed by atoms with Crippen LogP contribution >= 0.6 is 0 Å². The van der Waals surface area contributed by atoms with Crippen LogP contribution in [0.3, 0.4) is 0 Å². The third-order valence-electron chi connectivity index (χ3n) is 2.39. The van der Waals surface area contributed by atoms with Crippen LogP contribution in [-0.2, 0) is 0 Å². The number of unbranched alkanes of at least 4 members (excludes halogenated alkanes) is 6. The highest BCUT2D eigenvalue weighted by atomic mass is 16.3. The van der Waals surface area contributed by atoms with Crippen LogP contribution in [0.1, 0.15) is 58.8 Å². The number of rotatable bonds is 7. The van der Waals surface area contributed by atoms with Crippen LogP contribution in [0.25, 0.3) is 0 Å². The van der Waals surface area contributed by atoms with Gasteiger partial charge in [-0.2, -0.15) is 0 Å². The molecule has 0 spiro atoms. The first kappa shape index (κ1) is 14.3. The van der Waals surface area contributed by atoms with Crippen molar-refractivity contribution in [1.82, 2.24) is 0 Å². The minimum atomic E-state index is -1.01. The summed E-state index contributed by atoms with van der Waals surface area (Å²) in [6.45, 7) is 7.41. The highest BCUT2D eigenvalue weighted by molar-refractivity contribution is 5.18. The van der Waals surface area contributed by atoms with Crippen LogP contribution < -0.4 is 0 Å². The van der Waals surface area contributed by atoms with Gasteiger partial charge in [-0.1, -0.05) is 57.4 Å². The maximum absolute atomic E-state index is 9.50. The quantitative estimate of drug-likeness (QED) is 0.384. The summed E-state index contributed by atoms with van der Waals surface area (Å²) in [5, 5.41) is 9.50. The summed E-state index contributed by atoms with van der Waals surface area (Å²) in [7, 11) is 0. The van der Waals surface area contributed by atoms with Crippen LogP contribution in [0.4, 0.5) is 0 Å². The summed E-state index contributed by atoms with van der Waals surface area (Å²) >= 11 is 0. The van der Waals surface area contributed by atoms with Gasteiger partial charge in [0.1, 0.15) is 5.60 Å². The Balaban J connectivity index is 3.41. The van der Waals surface area contributed by atoms with E-state index in [0.717, 1.165) is 12.8 Å². The van der Waals surface area contributed by atoms with Gasteiger partial charge < -0.3 is 5.11 Å². The van der Waals surface area contributed by atoms with E-state index in [9.17, 15) is 5.11 Å². The Bertz CT molecular complexity index is 217. The van der Waals surface area contributed by atoms with E-state index in [2.05, 4.69) is 25.3 Å². The van der Waals surface area contributed by atoms with Crippen LogP contribution in [0.5, 0.6) is 0 Å². The van der Waals surface area contributed by atoms with Crippen LogP contribution in [0, 0.1) is 11.8 Å². The highest BCUT2D eigenvalue weighted by Gasteiger charge is 2.08. The number of aliphatic hydroxyl groups is 1. The molecule has 0 aliphatic carbocycles. The largest absolute Gasteiger partial charge is 0.374 e. The molecule has 0 bridgehead atoms. The Hall–Kier alpha value is -0.740. The molecule has 0 heterocycles. The molecule has 0 aromatic rings. The summed E-state index contributed by atoms with van der Waals surface area (Å²) < 4.78 is 0. The minimum absolute atomic E-state index is 0.885. The van der Waals surface area contributed by atoms with Crippen molar-refractivity contribution in [1.29, 1.82) is 0 Å². The Morgan fingerprint density at radius 1 is 1.20 bits per heavy atom. The van der Waals surface area contributed by atoms with Gasteiger partial charge in [-0.3, -0.25) is 0 Å². The van der Waals surface area contributed by atoms with E-state index in [0.29, 0.717) is 0 Å². The van der Waals surface area contributed by atoms with Crippen LogP contribution in [0.2, 0.25) is 0 Å². The lowest BCUT2D eigenvalue weighted by molar-refractivity contribution is 0.174. The van der Waals surface area contributed by atoms with Gasteiger partial charge in [0.25, 0.3) is 0 Å². The molecule has 0 aliphatic heterocycles. The molecule has 1 N–H and O–H groups in total. The van der Waals surface area contributed by atoms with Gasteiger partial charge in [-0.05, 0) is 19.4 Å². The summed E-state index contributed by atoms with van der Waals surface area (Å²) in [5.41, 5.74) is -1.01. The Kier molecular flexibility index (Phi) is 8.14. The Morgan fingerprint density at radius 2 is 1.80 bits per heavy atom. The lowest BCUT2D eigenvalue weighted by Gasteiger charge is -2.07. The van der Waals surface area contributed by atoms with Gasteiger partial charge in [-0.15, -0.1) is 0 Å². The van der Waals surface area contributed by atoms with Crippen LogP contribution in [-0.4, -0.2) is 10.7 Å². The summed E-state index contributed by atoms with van der Waals surface area (Å²) in [6.07, 6.45) is 10.0. The van der Waals surface area contributed by atoms with Gasteiger partial charge in [0.2, 0.25) is 0 Å². The molecule has 1 nitrogen and oxygen atoms in total. The summed E-state index contributed by atoms with van der Waals surface area (Å²) in [5.74, 6) is 5.79. The van der Waals surface area contributed by atoms with Crippen molar-refractivity contribution < 1.29 is 5.11 Å². The van der Waals surface area contributed by atoms with E-state index in [1.807, 2.05) is 0 Å². The lowest BCUT2D eigenvalue weighted by atomic mass is 10.1. The SMILES string of the molecule is C=CC(C)(O)C#CCCCCCCCC. The average Bonchev–Trinajstić information content (AvgIpc) is 2.22. The van der Waals surface area contributed by atoms with Crippen molar-refractivity contribution >= 4 is 0 Å². The van der Waals surface area contributed by atoms with E-state index in [1.54, 1.807) is 6.92 Å². The second kappa shape index (κ2) is 8.56. The van der Waals surface area contributed by atoms with Crippen molar-refractivity contribution in [3.63, 3.8) is 0 Å². The van der Waals surface area contributed by atoms with Crippen molar-refractivity contribution in [3.8, 4) is 11.8 Å². The van der Waals surface area contributed by atoms with E-state index >= 15 is 0 Å². The maximum Gasteiger partial charge on any atom is 0.141 e. The lowest BCUT2D eigenvalue weighted by Crippen LogP contribution is -2.16. The zero-order valence-electron chi connectivity index (χ0n) is 10.2. The molecule has 0 amide bonds. The van der Waals surface area contributed by atoms with Crippen molar-refractivity contribution in [2.24, 2.45) is 0 Å². The number of hydrogen-bond acceptors (Lipinski definition) is 1. The first-order chi connectivity index (χ1) is 7.12. The van der Waals surface area contributed by atoms with E-state index in [4.69, 9.17) is 0 Å². The fourth-order valence-electron chi connectivity index (χ4n) is 1.29.